The second-order valence-corrected chi connectivity index (χ2v) is 3.62. The number of aryl methyl sites for hydroxylation is 2. The molecule has 1 atom stereocenters. The van der Waals surface area contributed by atoms with E-state index in [1.807, 2.05) is 24.9 Å². The van der Waals surface area contributed by atoms with Crippen molar-refractivity contribution in [3.8, 4) is 0 Å². The minimum atomic E-state index is -0.0887. The summed E-state index contributed by atoms with van der Waals surface area (Å²) < 4.78 is 3.59. The zero-order valence-electron chi connectivity index (χ0n) is 8.83. The monoisotopic (exact) mass is 206 g/mol. The van der Waals surface area contributed by atoms with Gasteiger partial charge in [-0.15, -0.1) is 5.10 Å². The average Bonchev–Trinajstić information content (AvgIpc) is 2.75. The molecule has 0 bridgehead atoms. The van der Waals surface area contributed by atoms with E-state index in [0.29, 0.717) is 6.42 Å². The fraction of sp³-hybridized carbons (Fsp3) is 0.444. The van der Waals surface area contributed by atoms with E-state index < -0.39 is 0 Å². The molecule has 2 rings (SSSR count). The van der Waals surface area contributed by atoms with Gasteiger partial charge in [0, 0.05) is 32.9 Å². The SMILES string of the molecule is Cn1cc(CC(N)c2cncn2C)nn1. The molecular formula is C9H14N6. The number of aromatic nitrogens is 5. The molecule has 0 spiro atoms. The lowest BCUT2D eigenvalue weighted by molar-refractivity contribution is 0.644. The number of nitrogens with zero attached hydrogens (tertiary/aromatic N) is 5. The van der Waals surface area contributed by atoms with Crippen molar-refractivity contribution in [3.63, 3.8) is 0 Å². The zero-order valence-corrected chi connectivity index (χ0v) is 8.83. The van der Waals surface area contributed by atoms with Crippen LogP contribution in [0.1, 0.15) is 17.4 Å². The predicted molar refractivity (Wildman–Crippen MR) is 54.8 cm³/mol. The van der Waals surface area contributed by atoms with Crippen molar-refractivity contribution in [3.05, 3.63) is 30.1 Å². The summed E-state index contributed by atoms with van der Waals surface area (Å²) in [5.74, 6) is 0. The van der Waals surface area contributed by atoms with Crippen LogP contribution in [0, 0.1) is 0 Å². The molecule has 2 heterocycles. The maximum atomic E-state index is 6.04. The van der Waals surface area contributed by atoms with Gasteiger partial charge < -0.3 is 10.3 Å². The minimum absolute atomic E-state index is 0.0887. The van der Waals surface area contributed by atoms with Crippen molar-refractivity contribution in [2.45, 2.75) is 12.5 Å². The van der Waals surface area contributed by atoms with Crippen LogP contribution in [0.3, 0.4) is 0 Å². The van der Waals surface area contributed by atoms with Crippen LogP contribution in [0.25, 0.3) is 0 Å². The van der Waals surface area contributed by atoms with Crippen LogP contribution in [0.15, 0.2) is 18.7 Å². The van der Waals surface area contributed by atoms with Gasteiger partial charge in [0.05, 0.1) is 23.8 Å². The van der Waals surface area contributed by atoms with Crippen molar-refractivity contribution in [2.75, 3.05) is 0 Å². The summed E-state index contributed by atoms with van der Waals surface area (Å²) in [5, 5.41) is 7.86. The quantitative estimate of drug-likeness (QED) is 0.754. The maximum absolute atomic E-state index is 6.04. The van der Waals surface area contributed by atoms with E-state index in [2.05, 4.69) is 15.3 Å². The minimum Gasteiger partial charge on any atom is -0.336 e. The van der Waals surface area contributed by atoms with Crippen LogP contribution in [0.5, 0.6) is 0 Å². The van der Waals surface area contributed by atoms with Gasteiger partial charge in [-0.2, -0.15) is 0 Å². The van der Waals surface area contributed by atoms with Gasteiger partial charge in [-0.1, -0.05) is 5.21 Å². The van der Waals surface area contributed by atoms with E-state index in [1.54, 1.807) is 17.2 Å². The van der Waals surface area contributed by atoms with Crippen LogP contribution in [0.2, 0.25) is 0 Å². The van der Waals surface area contributed by atoms with Gasteiger partial charge in [0.2, 0.25) is 0 Å². The molecule has 80 valence electrons. The fourth-order valence-corrected chi connectivity index (χ4v) is 1.54. The highest BCUT2D eigenvalue weighted by molar-refractivity contribution is 5.08. The summed E-state index contributed by atoms with van der Waals surface area (Å²) in [6, 6.07) is -0.0887. The lowest BCUT2D eigenvalue weighted by Crippen LogP contribution is -2.16. The largest absolute Gasteiger partial charge is 0.336 e. The molecule has 0 aromatic carbocycles. The lowest BCUT2D eigenvalue weighted by Gasteiger charge is -2.09. The summed E-state index contributed by atoms with van der Waals surface area (Å²) in [6.07, 6.45) is 6.07. The third kappa shape index (κ3) is 2.04. The molecule has 15 heavy (non-hydrogen) atoms. The molecule has 0 saturated heterocycles. The van der Waals surface area contributed by atoms with Crippen LogP contribution >= 0.6 is 0 Å². The normalized spacial score (nSPS) is 13.0. The molecule has 0 amide bonds. The Bertz CT molecular complexity index is 443. The third-order valence-corrected chi connectivity index (χ3v) is 2.31. The molecule has 6 heteroatoms. The fourth-order valence-electron chi connectivity index (χ4n) is 1.54. The molecule has 0 saturated carbocycles. The Kier molecular flexibility index (Phi) is 2.51. The number of hydrogen-bond acceptors (Lipinski definition) is 4. The highest BCUT2D eigenvalue weighted by atomic mass is 15.4. The van der Waals surface area contributed by atoms with E-state index in [1.165, 1.54) is 0 Å². The molecule has 0 aliphatic heterocycles. The second kappa shape index (κ2) is 3.82. The van der Waals surface area contributed by atoms with Gasteiger partial charge in [-0.25, -0.2) is 4.98 Å². The molecule has 0 fully saturated rings. The highest BCUT2D eigenvalue weighted by Gasteiger charge is 2.12. The van der Waals surface area contributed by atoms with Gasteiger partial charge in [-0.3, -0.25) is 4.68 Å². The van der Waals surface area contributed by atoms with Crippen LogP contribution in [0.4, 0.5) is 0 Å². The molecule has 1 unspecified atom stereocenters. The van der Waals surface area contributed by atoms with Gasteiger partial charge in [-0.05, 0) is 0 Å². The second-order valence-electron chi connectivity index (χ2n) is 3.62. The Hall–Kier alpha value is -1.69. The summed E-state index contributed by atoms with van der Waals surface area (Å²) in [7, 11) is 3.77. The first kappa shape index (κ1) is 9.85. The zero-order chi connectivity index (χ0) is 10.8. The van der Waals surface area contributed by atoms with Crippen molar-refractivity contribution in [1.82, 2.24) is 24.5 Å². The van der Waals surface area contributed by atoms with E-state index >= 15 is 0 Å². The van der Waals surface area contributed by atoms with Crippen LogP contribution in [-0.4, -0.2) is 24.5 Å². The Morgan fingerprint density at radius 1 is 1.47 bits per heavy atom. The van der Waals surface area contributed by atoms with E-state index in [4.69, 9.17) is 5.73 Å². The predicted octanol–water partition coefficient (Wildman–Crippen LogP) is -0.209. The van der Waals surface area contributed by atoms with E-state index in [0.717, 1.165) is 11.4 Å². The van der Waals surface area contributed by atoms with Gasteiger partial charge >= 0.3 is 0 Å². The third-order valence-electron chi connectivity index (χ3n) is 2.31. The van der Waals surface area contributed by atoms with Crippen molar-refractivity contribution >= 4 is 0 Å². The van der Waals surface area contributed by atoms with Crippen LogP contribution < -0.4 is 5.73 Å². The maximum Gasteiger partial charge on any atom is 0.0946 e. The average molecular weight is 206 g/mol. The van der Waals surface area contributed by atoms with Crippen molar-refractivity contribution in [2.24, 2.45) is 19.8 Å². The van der Waals surface area contributed by atoms with Crippen LogP contribution in [-0.2, 0) is 20.5 Å². The Balaban J connectivity index is 2.10. The summed E-state index contributed by atoms with van der Waals surface area (Å²) in [5.41, 5.74) is 7.94. The summed E-state index contributed by atoms with van der Waals surface area (Å²) >= 11 is 0. The van der Waals surface area contributed by atoms with Gasteiger partial charge in [0.25, 0.3) is 0 Å². The first-order valence-corrected chi connectivity index (χ1v) is 4.74. The summed E-state index contributed by atoms with van der Waals surface area (Å²) in [4.78, 5) is 4.03. The lowest BCUT2D eigenvalue weighted by atomic mass is 10.1. The number of imidazole rings is 1. The molecule has 2 aromatic heterocycles. The first-order valence-electron chi connectivity index (χ1n) is 4.74. The van der Waals surface area contributed by atoms with E-state index in [9.17, 15) is 0 Å². The summed E-state index contributed by atoms with van der Waals surface area (Å²) in [6.45, 7) is 0. The van der Waals surface area contributed by atoms with E-state index in [-0.39, 0.29) is 6.04 Å². The smallest absolute Gasteiger partial charge is 0.0946 e. The Morgan fingerprint density at radius 3 is 2.80 bits per heavy atom. The molecule has 0 aliphatic rings. The number of nitrogens with two attached hydrogens (primary N) is 1. The highest BCUT2D eigenvalue weighted by Crippen LogP contribution is 2.12. The molecule has 2 N–H and O–H groups in total. The number of hydrogen-bond donors (Lipinski definition) is 1. The molecule has 0 aliphatic carbocycles. The molecule has 2 aromatic rings. The Labute approximate surface area is 87.7 Å². The first-order chi connectivity index (χ1) is 7.16. The van der Waals surface area contributed by atoms with Gasteiger partial charge in [0.15, 0.2) is 0 Å². The molecular weight excluding hydrogens is 192 g/mol. The van der Waals surface area contributed by atoms with Crippen molar-refractivity contribution < 1.29 is 0 Å². The molecule has 6 nitrogen and oxygen atoms in total. The Morgan fingerprint density at radius 2 is 2.27 bits per heavy atom. The number of rotatable bonds is 3. The van der Waals surface area contributed by atoms with Crippen molar-refractivity contribution in [1.29, 1.82) is 0 Å². The molecule has 0 radical (unpaired) electrons. The van der Waals surface area contributed by atoms with Gasteiger partial charge in [0.1, 0.15) is 0 Å². The topological polar surface area (TPSA) is 74.6 Å². The standard InChI is InChI=1S/C9H14N6/c1-14-6-11-4-9(14)8(10)3-7-5-15(2)13-12-7/h4-6,8H,3,10H2,1-2H3.